The number of benzene rings is 2. The molecule has 0 bridgehead atoms. The summed E-state index contributed by atoms with van der Waals surface area (Å²) in [7, 11) is 0. The molecule has 3 heteroatoms. The summed E-state index contributed by atoms with van der Waals surface area (Å²) in [5.74, 6) is -0.243. The van der Waals surface area contributed by atoms with Gasteiger partial charge in [-0.15, -0.1) is 0 Å². The number of nitrogens with zero attached hydrogens (tertiary/aromatic N) is 1. The van der Waals surface area contributed by atoms with E-state index >= 15 is 0 Å². The molecule has 0 amide bonds. The van der Waals surface area contributed by atoms with Gasteiger partial charge in [0, 0.05) is 5.69 Å². The summed E-state index contributed by atoms with van der Waals surface area (Å²) in [6, 6.07) is 20.3. The number of aromatic nitrogens is 1. The second kappa shape index (κ2) is 7.04. The van der Waals surface area contributed by atoms with Gasteiger partial charge in [0.05, 0.1) is 23.6 Å². The first-order valence-corrected chi connectivity index (χ1v) is 9.03. The molecule has 1 aliphatic rings. The number of carbonyl (C=O) groups excluding carboxylic acids is 1. The van der Waals surface area contributed by atoms with Gasteiger partial charge < -0.3 is 9.30 Å². The number of allylic oxidation sites excluding steroid dienone is 1. The van der Waals surface area contributed by atoms with E-state index in [4.69, 9.17) is 4.74 Å². The van der Waals surface area contributed by atoms with E-state index in [2.05, 4.69) is 28.9 Å². The van der Waals surface area contributed by atoms with Crippen LogP contribution in [0.15, 0.2) is 66.7 Å². The van der Waals surface area contributed by atoms with Gasteiger partial charge in [-0.3, -0.25) is 0 Å². The zero-order valence-corrected chi connectivity index (χ0v) is 14.8. The minimum Gasteiger partial charge on any atom is -0.462 e. The number of carbonyl (C=O) groups is 1. The molecule has 3 nitrogen and oxygen atoms in total. The fourth-order valence-electron chi connectivity index (χ4n) is 3.63. The van der Waals surface area contributed by atoms with Crippen molar-refractivity contribution in [3.8, 4) is 16.9 Å². The number of fused-ring (bicyclic) bond motifs is 1. The standard InChI is InChI=1S/C23H21NO2/c1-2-26-23(25)21-19-15-9-10-16-20(19)24(18-13-7-4-8-14-18)22(21)17-11-5-3-6-12-17/h3-8,10-14,16H,2,9,15H2,1H3. The molecular weight excluding hydrogens is 322 g/mol. The summed E-state index contributed by atoms with van der Waals surface area (Å²) in [5, 5.41) is 0. The lowest BCUT2D eigenvalue weighted by molar-refractivity contribution is 0.0526. The summed E-state index contributed by atoms with van der Waals surface area (Å²) >= 11 is 0. The Balaban J connectivity index is 2.07. The highest BCUT2D eigenvalue weighted by molar-refractivity contribution is 6.00. The second-order valence-corrected chi connectivity index (χ2v) is 6.29. The van der Waals surface area contributed by atoms with Crippen LogP contribution < -0.4 is 0 Å². The maximum atomic E-state index is 12.9. The van der Waals surface area contributed by atoms with E-state index in [1.54, 1.807) is 0 Å². The fraction of sp³-hybridized carbons (Fsp3) is 0.174. The first kappa shape index (κ1) is 16.4. The van der Waals surface area contributed by atoms with Gasteiger partial charge in [0.25, 0.3) is 0 Å². The number of rotatable bonds is 4. The Bertz CT molecular complexity index is 953. The van der Waals surface area contributed by atoms with Crippen molar-refractivity contribution in [1.29, 1.82) is 0 Å². The molecule has 1 aliphatic carbocycles. The number of esters is 1. The quantitative estimate of drug-likeness (QED) is 0.604. The van der Waals surface area contributed by atoms with Crippen LogP contribution in [0.25, 0.3) is 23.0 Å². The van der Waals surface area contributed by atoms with Crippen molar-refractivity contribution in [3.05, 3.63) is 83.6 Å². The van der Waals surface area contributed by atoms with Crippen LogP contribution in [-0.4, -0.2) is 17.1 Å². The van der Waals surface area contributed by atoms with Crippen LogP contribution in [0.3, 0.4) is 0 Å². The minimum absolute atomic E-state index is 0.243. The molecule has 0 atom stereocenters. The van der Waals surface area contributed by atoms with Crippen LogP contribution in [0.4, 0.5) is 0 Å². The minimum atomic E-state index is -0.243. The Hall–Kier alpha value is -3.07. The van der Waals surface area contributed by atoms with Crippen LogP contribution in [0, 0.1) is 0 Å². The smallest absolute Gasteiger partial charge is 0.340 e. The molecule has 2 aromatic carbocycles. The van der Waals surface area contributed by atoms with Gasteiger partial charge >= 0.3 is 5.97 Å². The van der Waals surface area contributed by atoms with E-state index in [9.17, 15) is 4.79 Å². The molecular formula is C23H21NO2. The van der Waals surface area contributed by atoms with E-state index in [1.807, 2.05) is 55.5 Å². The third-order valence-corrected chi connectivity index (χ3v) is 4.69. The van der Waals surface area contributed by atoms with Gasteiger partial charge in [-0.1, -0.05) is 54.6 Å². The Labute approximate surface area is 153 Å². The average molecular weight is 343 g/mol. The average Bonchev–Trinajstić information content (AvgIpc) is 3.05. The monoisotopic (exact) mass is 343 g/mol. The normalized spacial score (nSPS) is 12.7. The maximum absolute atomic E-state index is 12.9. The van der Waals surface area contributed by atoms with E-state index in [-0.39, 0.29) is 5.97 Å². The lowest BCUT2D eigenvalue weighted by Gasteiger charge is -2.14. The summed E-state index contributed by atoms with van der Waals surface area (Å²) in [6.45, 7) is 2.22. The van der Waals surface area contributed by atoms with Crippen LogP contribution in [0.2, 0.25) is 0 Å². The molecule has 0 aliphatic heterocycles. The second-order valence-electron chi connectivity index (χ2n) is 6.29. The highest BCUT2D eigenvalue weighted by atomic mass is 16.5. The molecule has 0 spiro atoms. The fourth-order valence-corrected chi connectivity index (χ4v) is 3.63. The molecule has 0 radical (unpaired) electrons. The van der Waals surface area contributed by atoms with Crippen molar-refractivity contribution in [1.82, 2.24) is 4.57 Å². The number of ether oxygens (including phenoxy) is 1. The highest BCUT2D eigenvalue weighted by Crippen LogP contribution is 2.38. The van der Waals surface area contributed by atoms with Gasteiger partial charge in [0.1, 0.15) is 0 Å². The lowest BCUT2D eigenvalue weighted by Crippen LogP contribution is -2.09. The summed E-state index contributed by atoms with van der Waals surface area (Å²) < 4.78 is 7.62. The first-order chi connectivity index (χ1) is 12.8. The van der Waals surface area contributed by atoms with Crippen molar-refractivity contribution in [2.45, 2.75) is 19.8 Å². The molecule has 3 aromatic rings. The van der Waals surface area contributed by atoms with Crippen LogP contribution in [0.5, 0.6) is 0 Å². The van der Waals surface area contributed by atoms with Gasteiger partial charge in [0.15, 0.2) is 0 Å². The van der Waals surface area contributed by atoms with Crippen LogP contribution in [0.1, 0.15) is 35.0 Å². The lowest BCUT2D eigenvalue weighted by atomic mass is 9.97. The number of para-hydroxylation sites is 1. The van der Waals surface area contributed by atoms with Gasteiger partial charge in [-0.2, -0.15) is 0 Å². The number of hydrogen-bond acceptors (Lipinski definition) is 2. The Morgan fingerprint density at radius 3 is 2.42 bits per heavy atom. The summed E-state index contributed by atoms with van der Waals surface area (Å²) in [5.41, 5.74) is 5.82. The topological polar surface area (TPSA) is 31.2 Å². The van der Waals surface area contributed by atoms with E-state index < -0.39 is 0 Å². The molecule has 26 heavy (non-hydrogen) atoms. The van der Waals surface area contributed by atoms with Crippen molar-refractivity contribution in [2.75, 3.05) is 6.61 Å². The molecule has 0 fully saturated rings. The van der Waals surface area contributed by atoms with Gasteiger partial charge in [-0.25, -0.2) is 4.79 Å². The molecule has 4 rings (SSSR count). The predicted molar refractivity (Wildman–Crippen MR) is 105 cm³/mol. The molecule has 0 saturated heterocycles. The zero-order valence-electron chi connectivity index (χ0n) is 14.8. The van der Waals surface area contributed by atoms with Crippen LogP contribution in [-0.2, 0) is 11.2 Å². The van der Waals surface area contributed by atoms with Crippen molar-refractivity contribution in [2.24, 2.45) is 0 Å². The molecule has 0 unspecified atom stereocenters. The van der Waals surface area contributed by atoms with Gasteiger partial charge in [0.2, 0.25) is 0 Å². The van der Waals surface area contributed by atoms with E-state index in [1.165, 1.54) is 0 Å². The Kier molecular flexibility index (Phi) is 4.44. The van der Waals surface area contributed by atoms with E-state index in [0.29, 0.717) is 12.2 Å². The van der Waals surface area contributed by atoms with Gasteiger partial charge in [-0.05, 0) is 49.1 Å². The Morgan fingerprint density at radius 2 is 1.73 bits per heavy atom. The maximum Gasteiger partial charge on any atom is 0.340 e. The molecule has 1 heterocycles. The summed E-state index contributed by atoms with van der Waals surface area (Å²) in [4.78, 5) is 12.9. The zero-order chi connectivity index (χ0) is 17.9. The third-order valence-electron chi connectivity index (χ3n) is 4.69. The van der Waals surface area contributed by atoms with E-state index in [0.717, 1.165) is 41.0 Å². The number of hydrogen-bond donors (Lipinski definition) is 0. The Morgan fingerprint density at radius 1 is 1.04 bits per heavy atom. The molecule has 130 valence electrons. The SMILES string of the molecule is CCOC(=O)c1c2c(n(-c3ccccc3)c1-c1ccccc1)C=CCC2. The van der Waals surface area contributed by atoms with Crippen molar-refractivity contribution in [3.63, 3.8) is 0 Å². The largest absolute Gasteiger partial charge is 0.462 e. The van der Waals surface area contributed by atoms with Crippen LogP contribution >= 0.6 is 0 Å². The van der Waals surface area contributed by atoms with Crippen molar-refractivity contribution < 1.29 is 9.53 Å². The molecule has 1 aromatic heterocycles. The predicted octanol–water partition coefficient (Wildman–Crippen LogP) is 5.28. The molecule has 0 N–H and O–H groups in total. The third kappa shape index (κ3) is 2.76. The first-order valence-electron chi connectivity index (χ1n) is 9.03. The highest BCUT2D eigenvalue weighted by Gasteiger charge is 2.29. The van der Waals surface area contributed by atoms with Crippen molar-refractivity contribution >= 4 is 12.0 Å². The molecule has 0 saturated carbocycles. The summed E-state index contributed by atoms with van der Waals surface area (Å²) in [6.07, 6.45) is 6.08.